The molecule has 186 valence electrons. The Balaban J connectivity index is 2.46. The number of halogens is 3. The van der Waals surface area contributed by atoms with E-state index in [1.807, 2.05) is 13.8 Å². The van der Waals surface area contributed by atoms with Crippen LogP contribution in [0.2, 0.25) is 15.1 Å². The van der Waals surface area contributed by atoms with Crippen molar-refractivity contribution in [3.05, 3.63) is 63.1 Å². The van der Waals surface area contributed by atoms with E-state index in [4.69, 9.17) is 34.8 Å². The zero-order valence-corrected chi connectivity index (χ0v) is 22.5. The van der Waals surface area contributed by atoms with Crippen LogP contribution in [0.15, 0.2) is 42.5 Å². The van der Waals surface area contributed by atoms with Crippen molar-refractivity contribution in [2.45, 2.75) is 45.8 Å². The molecule has 2 rings (SSSR count). The molecule has 0 heterocycles. The first-order valence-electron chi connectivity index (χ1n) is 10.6. The molecule has 0 fully saturated rings. The highest BCUT2D eigenvalue weighted by molar-refractivity contribution is 7.92. The maximum atomic E-state index is 13.5. The fourth-order valence-corrected chi connectivity index (χ4v) is 4.82. The first-order valence-corrected chi connectivity index (χ1v) is 13.6. The largest absolute Gasteiger partial charge is 0.352 e. The van der Waals surface area contributed by atoms with Crippen molar-refractivity contribution in [2.24, 2.45) is 0 Å². The normalized spacial score (nSPS) is 13.1. The molecule has 2 amide bonds. The van der Waals surface area contributed by atoms with E-state index in [2.05, 4.69) is 5.32 Å². The Morgan fingerprint density at radius 2 is 1.53 bits per heavy atom. The number of nitrogens with one attached hydrogen (secondary N) is 1. The van der Waals surface area contributed by atoms with Crippen LogP contribution in [0.1, 0.15) is 32.8 Å². The standard InChI is InChI=1S/C23H28Cl3N3O4S/c1-5-15(2)27-23(31)16(3)28(13-17-18(24)10-8-11-19(17)25)22(30)14-29(34(4,32)33)21-12-7-6-9-20(21)26/h6-12,15-16H,5,13-14H2,1-4H3,(H,27,31)/t15-,16-/m1/s1. The molecule has 1 N–H and O–H groups in total. The molecule has 0 bridgehead atoms. The van der Waals surface area contributed by atoms with Gasteiger partial charge in [-0.25, -0.2) is 8.42 Å². The molecule has 2 atom stereocenters. The van der Waals surface area contributed by atoms with Gasteiger partial charge >= 0.3 is 0 Å². The molecule has 2 aromatic carbocycles. The average Bonchev–Trinajstić information content (AvgIpc) is 2.76. The van der Waals surface area contributed by atoms with Crippen molar-refractivity contribution in [3.8, 4) is 0 Å². The van der Waals surface area contributed by atoms with E-state index < -0.39 is 28.5 Å². The van der Waals surface area contributed by atoms with Crippen molar-refractivity contribution in [3.63, 3.8) is 0 Å². The van der Waals surface area contributed by atoms with Gasteiger partial charge in [-0.05, 0) is 44.5 Å². The Hall–Kier alpha value is -2.00. The molecule has 0 aliphatic carbocycles. The van der Waals surface area contributed by atoms with E-state index in [0.29, 0.717) is 22.0 Å². The smallest absolute Gasteiger partial charge is 0.244 e. The summed E-state index contributed by atoms with van der Waals surface area (Å²) < 4.78 is 26.1. The molecule has 0 aliphatic rings. The fourth-order valence-electron chi connectivity index (χ4n) is 3.15. The summed E-state index contributed by atoms with van der Waals surface area (Å²) in [6.07, 6.45) is 1.69. The van der Waals surface area contributed by atoms with Gasteiger partial charge in [-0.1, -0.05) is 59.9 Å². The summed E-state index contributed by atoms with van der Waals surface area (Å²) in [7, 11) is -3.88. The molecule has 34 heavy (non-hydrogen) atoms. The van der Waals surface area contributed by atoms with Gasteiger partial charge < -0.3 is 10.2 Å². The summed E-state index contributed by atoms with van der Waals surface area (Å²) in [4.78, 5) is 27.7. The van der Waals surface area contributed by atoms with Gasteiger partial charge in [0.1, 0.15) is 12.6 Å². The third-order valence-corrected chi connectivity index (χ3v) is 7.51. The van der Waals surface area contributed by atoms with Gasteiger partial charge in [-0.15, -0.1) is 0 Å². The Bertz CT molecular complexity index is 1120. The molecule has 7 nitrogen and oxygen atoms in total. The van der Waals surface area contributed by atoms with Gasteiger partial charge in [-0.2, -0.15) is 0 Å². The molecule has 0 unspecified atom stereocenters. The van der Waals surface area contributed by atoms with Crippen LogP contribution >= 0.6 is 34.8 Å². The number of amides is 2. The monoisotopic (exact) mass is 547 g/mol. The van der Waals surface area contributed by atoms with E-state index in [9.17, 15) is 18.0 Å². The number of benzene rings is 2. The van der Waals surface area contributed by atoms with Crippen molar-refractivity contribution in [1.82, 2.24) is 10.2 Å². The Morgan fingerprint density at radius 3 is 2.06 bits per heavy atom. The number of nitrogens with zero attached hydrogens (tertiary/aromatic N) is 2. The van der Waals surface area contributed by atoms with Crippen molar-refractivity contribution >= 4 is 62.3 Å². The SMILES string of the molecule is CC[C@@H](C)NC(=O)[C@@H](C)N(Cc1c(Cl)cccc1Cl)C(=O)CN(c1ccccc1Cl)S(C)(=O)=O. The van der Waals surface area contributed by atoms with E-state index in [1.54, 1.807) is 37.3 Å². The van der Waals surface area contributed by atoms with Gasteiger partial charge in [-0.3, -0.25) is 13.9 Å². The Morgan fingerprint density at radius 1 is 0.971 bits per heavy atom. The van der Waals surface area contributed by atoms with Crippen molar-refractivity contribution < 1.29 is 18.0 Å². The van der Waals surface area contributed by atoms with Crippen LogP contribution in [0.5, 0.6) is 0 Å². The second kappa shape index (κ2) is 12.1. The minimum Gasteiger partial charge on any atom is -0.352 e. The number of carbonyl (C=O) groups excluding carboxylic acids is 2. The zero-order valence-electron chi connectivity index (χ0n) is 19.4. The minimum absolute atomic E-state index is 0.0907. The molecule has 0 aliphatic heterocycles. The quantitative estimate of drug-likeness (QED) is 0.464. The second-order valence-corrected chi connectivity index (χ2v) is 11.1. The molecule has 0 radical (unpaired) electrons. The van der Waals surface area contributed by atoms with Crippen LogP contribution in [0.4, 0.5) is 5.69 Å². The van der Waals surface area contributed by atoms with Crippen LogP contribution in [-0.4, -0.2) is 50.0 Å². The lowest BCUT2D eigenvalue weighted by Crippen LogP contribution is -2.52. The number of hydrogen-bond donors (Lipinski definition) is 1. The number of carbonyl (C=O) groups is 2. The number of rotatable bonds is 10. The molecular weight excluding hydrogens is 521 g/mol. The van der Waals surface area contributed by atoms with Crippen LogP contribution in [0.25, 0.3) is 0 Å². The Labute approximate surface area is 216 Å². The first-order chi connectivity index (χ1) is 15.9. The molecule has 0 spiro atoms. The third kappa shape index (κ3) is 7.25. The maximum Gasteiger partial charge on any atom is 0.244 e. The average molecular weight is 549 g/mol. The first kappa shape index (κ1) is 28.2. The molecule has 11 heteroatoms. The predicted molar refractivity (Wildman–Crippen MR) is 138 cm³/mol. The summed E-state index contributed by atoms with van der Waals surface area (Å²) in [5.41, 5.74) is 0.610. The number of sulfonamides is 1. The third-order valence-electron chi connectivity index (χ3n) is 5.36. The van der Waals surface area contributed by atoms with Crippen LogP contribution < -0.4 is 9.62 Å². The van der Waals surface area contributed by atoms with Crippen molar-refractivity contribution in [2.75, 3.05) is 17.1 Å². The molecule has 0 saturated heterocycles. The number of para-hydroxylation sites is 1. The number of hydrogen-bond acceptors (Lipinski definition) is 4. The highest BCUT2D eigenvalue weighted by atomic mass is 35.5. The van der Waals surface area contributed by atoms with Gasteiger partial charge in [0.25, 0.3) is 0 Å². The summed E-state index contributed by atoms with van der Waals surface area (Å²) >= 11 is 18.9. The number of anilines is 1. The predicted octanol–water partition coefficient (Wildman–Crippen LogP) is 4.74. The molecule has 2 aromatic rings. The summed E-state index contributed by atoms with van der Waals surface area (Å²) in [6.45, 7) is 4.69. The zero-order chi connectivity index (χ0) is 25.6. The van der Waals surface area contributed by atoms with Crippen LogP contribution in [-0.2, 0) is 26.2 Å². The summed E-state index contributed by atoms with van der Waals surface area (Å²) in [6, 6.07) is 10.2. The van der Waals surface area contributed by atoms with Gasteiger partial charge in [0.2, 0.25) is 21.8 Å². The Kier molecular flexibility index (Phi) is 10.1. The lowest BCUT2D eigenvalue weighted by molar-refractivity contribution is -0.139. The van der Waals surface area contributed by atoms with Gasteiger partial charge in [0.15, 0.2) is 0 Å². The summed E-state index contributed by atoms with van der Waals surface area (Å²) in [5.74, 6) is -0.998. The highest BCUT2D eigenvalue weighted by Gasteiger charge is 2.31. The van der Waals surface area contributed by atoms with E-state index in [0.717, 1.165) is 10.6 Å². The van der Waals surface area contributed by atoms with Crippen molar-refractivity contribution in [1.29, 1.82) is 0 Å². The van der Waals surface area contributed by atoms with E-state index in [1.165, 1.54) is 17.0 Å². The van der Waals surface area contributed by atoms with Crippen LogP contribution in [0.3, 0.4) is 0 Å². The molecule has 0 saturated carbocycles. The maximum absolute atomic E-state index is 13.5. The van der Waals surface area contributed by atoms with Gasteiger partial charge in [0, 0.05) is 28.2 Å². The topological polar surface area (TPSA) is 86.8 Å². The van der Waals surface area contributed by atoms with Gasteiger partial charge in [0.05, 0.1) is 17.0 Å². The highest BCUT2D eigenvalue weighted by Crippen LogP contribution is 2.29. The lowest BCUT2D eigenvalue weighted by Gasteiger charge is -2.32. The lowest BCUT2D eigenvalue weighted by atomic mass is 10.1. The molecule has 0 aromatic heterocycles. The van der Waals surface area contributed by atoms with E-state index in [-0.39, 0.29) is 29.2 Å². The second-order valence-electron chi connectivity index (χ2n) is 7.94. The van der Waals surface area contributed by atoms with E-state index >= 15 is 0 Å². The molecular formula is C23H28Cl3N3O4S. The fraction of sp³-hybridized carbons (Fsp3) is 0.391. The minimum atomic E-state index is -3.88. The summed E-state index contributed by atoms with van der Waals surface area (Å²) in [5, 5.41) is 3.67. The van der Waals surface area contributed by atoms with Crippen LogP contribution in [0, 0.1) is 0 Å².